The van der Waals surface area contributed by atoms with Gasteiger partial charge in [0, 0.05) is 48.1 Å². The number of unbranched alkanes of at least 4 members (excludes halogenated alkanes) is 3. The van der Waals surface area contributed by atoms with Gasteiger partial charge in [-0.25, -0.2) is 0 Å². The average Bonchev–Trinajstić information content (AvgIpc) is 2.42. The fourth-order valence-electron chi connectivity index (χ4n) is 1.00. The van der Waals surface area contributed by atoms with E-state index in [2.05, 4.69) is 20.8 Å². The molecule has 0 rings (SSSR count). The molecule has 0 aliphatic carbocycles. The van der Waals surface area contributed by atoms with Crippen molar-refractivity contribution < 1.29 is 42.1 Å². The van der Waals surface area contributed by atoms with Crippen molar-refractivity contribution in [3.63, 3.8) is 0 Å². The average molecular weight is 373 g/mol. The minimum Gasteiger partial charge on any atom is -0.396 e. The topological polar surface area (TPSA) is 84.2 Å². The zero-order valence-electron chi connectivity index (χ0n) is 16.4. The van der Waals surface area contributed by atoms with Crippen LogP contribution >= 0.6 is 0 Å². The van der Waals surface area contributed by atoms with Crippen LogP contribution in [-0.2, 0) is 21.7 Å². The Labute approximate surface area is 160 Å². The number of hydrogen-bond acceptors (Lipinski definition) is 5. The van der Waals surface area contributed by atoms with Gasteiger partial charge in [0.05, 0.1) is 6.10 Å². The fourth-order valence-corrected chi connectivity index (χ4v) is 1.00. The molecule has 0 aromatic carbocycles. The van der Waals surface area contributed by atoms with Crippen molar-refractivity contribution in [1.29, 1.82) is 0 Å². The Morgan fingerprint density at radius 3 is 1.00 bits per heavy atom. The quantitative estimate of drug-likeness (QED) is 0.491. The van der Waals surface area contributed by atoms with Crippen LogP contribution in [0.25, 0.3) is 0 Å². The third-order valence-electron chi connectivity index (χ3n) is 2.16. The molecule has 1 atom stereocenters. The number of likely N-dealkylation sites (N-methyl/N-ethyl adjacent to an activating group) is 1. The van der Waals surface area contributed by atoms with Crippen LogP contribution in [0.1, 0.15) is 66.2 Å². The summed E-state index contributed by atoms with van der Waals surface area (Å²) in [5.74, 6) is 0. The first-order valence-corrected chi connectivity index (χ1v) is 8.52. The second kappa shape index (κ2) is 38.2. The van der Waals surface area contributed by atoms with Crippen molar-refractivity contribution in [3.05, 3.63) is 0 Å². The van der Waals surface area contributed by atoms with E-state index in [0.29, 0.717) is 19.8 Å². The first-order valence-electron chi connectivity index (χ1n) is 8.52. The molecule has 0 fully saturated rings. The minimum atomic E-state index is -0.199. The smallest absolute Gasteiger partial charge is 0.0638 e. The molecule has 23 heavy (non-hydrogen) atoms. The summed E-state index contributed by atoms with van der Waals surface area (Å²) in [6.45, 7) is 9.71. The van der Waals surface area contributed by atoms with E-state index in [1.807, 2.05) is 19.0 Å². The van der Waals surface area contributed by atoms with E-state index in [1.54, 1.807) is 6.92 Å². The molecule has 144 valence electrons. The SMILES string of the molecule is CC(O)CN(C)C.CCCCO.CCCCO.CCCCO.[Ti]. The molecular weight excluding hydrogens is 330 g/mol. The van der Waals surface area contributed by atoms with E-state index in [0.717, 1.165) is 45.1 Å². The number of aliphatic hydroxyl groups is 4. The van der Waals surface area contributed by atoms with E-state index in [-0.39, 0.29) is 27.8 Å². The molecule has 0 spiro atoms. The van der Waals surface area contributed by atoms with E-state index in [1.165, 1.54) is 0 Å². The summed E-state index contributed by atoms with van der Waals surface area (Å²) in [5.41, 5.74) is 0. The summed E-state index contributed by atoms with van der Waals surface area (Å²) in [6.07, 6.45) is 5.92. The fraction of sp³-hybridized carbons (Fsp3) is 1.00. The van der Waals surface area contributed by atoms with Gasteiger partial charge in [0.25, 0.3) is 0 Å². The third-order valence-corrected chi connectivity index (χ3v) is 2.16. The van der Waals surface area contributed by atoms with Gasteiger partial charge in [0.1, 0.15) is 0 Å². The van der Waals surface area contributed by atoms with Crippen LogP contribution in [0, 0.1) is 0 Å². The Kier molecular flexibility index (Phi) is 57.8. The molecular formula is C17H43NO4Ti. The minimum absolute atomic E-state index is 0. The summed E-state index contributed by atoms with van der Waals surface area (Å²) < 4.78 is 0. The largest absolute Gasteiger partial charge is 0.396 e. The van der Waals surface area contributed by atoms with Gasteiger partial charge in [-0.05, 0) is 40.3 Å². The molecule has 5 nitrogen and oxygen atoms in total. The summed E-state index contributed by atoms with van der Waals surface area (Å²) in [7, 11) is 3.87. The number of aliphatic hydroxyl groups excluding tert-OH is 4. The molecule has 0 amide bonds. The monoisotopic (exact) mass is 373 g/mol. The third kappa shape index (κ3) is 85.7. The predicted molar refractivity (Wildman–Crippen MR) is 96.2 cm³/mol. The van der Waals surface area contributed by atoms with E-state index >= 15 is 0 Å². The predicted octanol–water partition coefficient (Wildman–Crippen LogP) is 2.26. The van der Waals surface area contributed by atoms with Crippen molar-refractivity contribution in [1.82, 2.24) is 4.90 Å². The Morgan fingerprint density at radius 1 is 0.739 bits per heavy atom. The normalized spacial score (nSPS) is 10.0. The molecule has 0 saturated carbocycles. The molecule has 6 heteroatoms. The van der Waals surface area contributed by atoms with Crippen molar-refractivity contribution in [2.45, 2.75) is 72.3 Å². The Bertz CT molecular complexity index is 124. The molecule has 0 aliphatic rings. The number of hydrogen-bond donors (Lipinski definition) is 4. The van der Waals surface area contributed by atoms with Crippen LogP contribution in [0.4, 0.5) is 0 Å². The molecule has 4 N–H and O–H groups in total. The van der Waals surface area contributed by atoms with Gasteiger partial charge < -0.3 is 25.3 Å². The molecule has 0 bridgehead atoms. The summed E-state index contributed by atoms with van der Waals surface area (Å²) in [6, 6.07) is 0. The Balaban J connectivity index is -0.0000000625. The molecule has 0 aromatic heterocycles. The molecule has 0 heterocycles. The van der Waals surface area contributed by atoms with Gasteiger partial charge in [-0.15, -0.1) is 0 Å². The second-order valence-electron chi connectivity index (χ2n) is 5.34. The summed E-state index contributed by atoms with van der Waals surface area (Å²) >= 11 is 0. The molecule has 0 radical (unpaired) electrons. The van der Waals surface area contributed by atoms with Crippen molar-refractivity contribution >= 4 is 0 Å². The Hall–Kier alpha value is 0.514. The zero-order chi connectivity index (χ0) is 18.2. The molecule has 0 saturated heterocycles. The zero-order valence-corrected chi connectivity index (χ0v) is 17.9. The van der Waals surface area contributed by atoms with Crippen molar-refractivity contribution in [3.8, 4) is 0 Å². The second-order valence-corrected chi connectivity index (χ2v) is 5.34. The van der Waals surface area contributed by atoms with Gasteiger partial charge in [-0.2, -0.15) is 0 Å². The maximum absolute atomic E-state index is 8.68. The van der Waals surface area contributed by atoms with Crippen LogP contribution in [0.5, 0.6) is 0 Å². The van der Waals surface area contributed by atoms with Crippen LogP contribution in [0.3, 0.4) is 0 Å². The van der Waals surface area contributed by atoms with Gasteiger partial charge in [0.15, 0.2) is 0 Å². The summed E-state index contributed by atoms with van der Waals surface area (Å²) in [5, 5.41) is 32.9. The van der Waals surface area contributed by atoms with Crippen LogP contribution < -0.4 is 0 Å². The number of nitrogens with zero attached hydrogens (tertiary/aromatic N) is 1. The van der Waals surface area contributed by atoms with Crippen molar-refractivity contribution in [2.75, 3.05) is 40.5 Å². The van der Waals surface area contributed by atoms with Gasteiger partial charge >= 0.3 is 0 Å². The van der Waals surface area contributed by atoms with Gasteiger partial charge in [0.2, 0.25) is 0 Å². The standard InChI is InChI=1S/C5H13NO.3C4H10O.Ti/c1-5(7)4-6(2)3;3*1-2-3-4-5;/h5,7H,4H2,1-3H3;3*5H,2-4H2,1H3;. The van der Waals surface area contributed by atoms with Gasteiger partial charge in [-0.3, -0.25) is 0 Å². The molecule has 1 unspecified atom stereocenters. The van der Waals surface area contributed by atoms with Crippen LogP contribution in [0.2, 0.25) is 0 Å². The Morgan fingerprint density at radius 2 is 1.00 bits per heavy atom. The van der Waals surface area contributed by atoms with E-state index in [9.17, 15) is 0 Å². The molecule has 0 aromatic rings. The van der Waals surface area contributed by atoms with Crippen molar-refractivity contribution in [2.24, 2.45) is 0 Å². The van der Waals surface area contributed by atoms with Crippen LogP contribution in [0.15, 0.2) is 0 Å². The van der Waals surface area contributed by atoms with E-state index in [4.69, 9.17) is 20.4 Å². The number of rotatable bonds is 8. The maximum atomic E-state index is 8.68. The van der Waals surface area contributed by atoms with Crippen LogP contribution in [-0.4, -0.2) is 71.9 Å². The molecule has 0 aliphatic heterocycles. The van der Waals surface area contributed by atoms with Gasteiger partial charge in [-0.1, -0.05) is 40.0 Å². The van der Waals surface area contributed by atoms with E-state index < -0.39 is 0 Å². The first kappa shape index (κ1) is 34.8. The summed E-state index contributed by atoms with van der Waals surface area (Å²) in [4.78, 5) is 1.95. The maximum Gasteiger partial charge on any atom is 0.0638 e. The first-order chi connectivity index (χ1) is 10.4.